The molecule has 1 heterocycles. The number of carbonyl (C=O) groups is 1. The van der Waals surface area contributed by atoms with Gasteiger partial charge in [-0.05, 0) is 24.1 Å². The standard InChI is InChI=1S/C20H19N3OS2/c1-15-7-5-6-10-17(15)26-20-19(21-11-12-22-20)25-14-18(24)23-13-16-8-3-2-4-9-16/h2-12H,13-14H2,1H3,(H,23,24). The molecular formula is C20H19N3OS2. The first kappa shape index (κ1) is 18.5. The Hall–Kier alpha value is -2.31. The molecule has 0 aliphatic heterocycles. The lowest BCUT2D eigenvalue weighted by Gasteiger charge is -2.09. The quantitative estimate of drug-likeness (QED) is 0.617. The van der Waals surface area contributed by atoms with Crippen LogP contribution in [0.1, 0.15) is 11.1 Å². The third-order valence-corrected chi connectivity index (χ3v) is 5.88. The van der Waals surface area contributed by atoms with Crippen molar-refractivity contribution >= 4 is 29.4 Å². The van der Waals surface area contributed by atoms with Crippen molar-refractivity contribution in [1.82, 2.24) is 15.3 Å². The summed E-state index contributed by atoms with van der Waals surface area (Å²) in [5.41, 5.74) is 2.28. The number of carbonyl (C=O) groups excluding carboxylic acids is 1. The Kier molecular flexibility index (Phi) is 6.68. The molecule has 132 valence electrons. The number of nitrogens with one attached hydrogen (secondary N) is 1. The first-order chi connectivity index (χ1) is 12.7. The smallest absolute Gasteiger partial charge is 0.230 e. The van der Waals surface area contributed by atoms with Crippen molar-refractivity contribution in [2.24, 2.45) is 0 Å². The second-order valence-corrected chi connectivity index (χ2v) is 7.58. The number of rotatable bonds is 7. The lowest BCUT2D eigenvalue weighted by atomic mass is 10.2. The van der Waals surface area contributed by atoms with Crippen LogP contribution in [0.25, 0.3) is 0 Å². The van der Waals surface area contributed by atoms with Gasteiger partial charge in [0.1, 0.15) is 10.1 Å². The number of amides is 1. The van der Waals surface area contributed by atoms with Crippen LogP contribution in [0.4, 0.5) is 0 Å². The van der Waals surface area contributed by atoms with Crippen molar-refractivity contribution in [3.63, 3.8) is 0 Å². The van der Waals surface area contributed by atoms with Gasteiger partial charge in [-0.25, -0.2) is 9.97 Å². The molecule has 6 heteroatoms. The second kappa shape index (κ2) is 9.40. The van der Waals surface area contributed by atoms with Gasteiger partial charge in [0.2, 0.25) is 5.91 Å². The van der Waals surface area contributed by atoms with Gasteiger partial charge in [-0.1, -0.05) is 72.1 Å². The summed E-state index contributed by atoms with van der Waals surface area (Å²) in [4.78, 5) is 22.1. The van der Waals surface area contributed by atoms with Crippen LogP contribution < -0.4 is 5.32 Å². The van der Waals surface area contributed by atoms with E-state index in [1.165, 1.54) is 17.3 Å². The molecule has 0 aliphatic rings. The minimum atomic E-state index is -0.0173. The number of thioether (sulfide) groups is 1. The topological polar surface area (TPSA) is 54.9 Å². The average molecular weight is 382 g/mol. The zero-order valence-electron chi connectivity index (χ0n) is 14.4. The molecule has 0 radical (unpaired) electrons. The monoisotopic (exact) mass is 381 g/mol. The van der Waals surface area contributed by atoms with Gasteiger partial charge in [0.25, 0.3) is 0 Å². The predicted octanol–water partition coefficient (Wildman–Crippen LogP) is 4.34. The third kappa shape index (κ3) is 5.34. The SMILES string of the molecule is Cc1ccccc1Sc1nccnc1SCC(=O)NCc1ccccc1. The summed E-state index contributed by atoms with van der Waals surface area (Å²) in [6.45, 7) is 2.61. The lowest BCUT2D eigenvalue weighted by molar-refractivity contribution is -0.118. The van der Waals surface area contributed by atoms with Gasteiger partial charge in [-0.2, -0.15) is 0 Å². The first-order valence-corrected chi connectivity index (χ1v) is 10.0. The molecule has 0 saturated carbocycles. The summed E-state index contributed by atoms with van der Waals surface area (Å²) in [6, 6.07) is 18.0. The van der Waals surface area contributed by atoms with Gasteiger partial charge in [-0.15, -0.1) is 0 Å². The molecule has 3 aromatic rings. The predicted molar refractivity (Wildman–Crippen MR) is 106 cm³/mol. The summed E-state index contributed by atoms with van der Waals surface area (Å²) in [5, 5.41) is 4.53. The van der Waals surface area contributed by atoms with Crippen molar-refractivity contribution in [3.05, 3.63) is 78.1 Å². The summed E-state index contributed by atoms with van der Waals surface area (Å²) in [7, 11) is 0. The molecule has 0 aliphatic carbocycles. The number of aromatic nitrogens is 2. The Labute approximate surface area is 161 Å². The number of aryl methyl sites for hydroxylation is 1. The molecule has 0 unspecified atom stereocenters. The zero-order valence-corrected chi connectivity index (χ0v) is 16.0. The maximum absolute atomic E-state index is 12.1. The van der Waals surface area contributed by atoms with E-state index < -0.39 is 0 Å². The van der Waals surface area contributed by atoms with E-state index >= 15 is 0 Å². The molecule has 1 N–H and O–H groups in total. The van der Waals surface area contributed by atoms with Gasteiger partial charge >= 0.3 is 0 Å². The normalized spacial score (nSPS) is 10.5. The molecular weight excluding hydrogens is 362 g/mol. The van der Waals surface area contributed by atoms with E-state index in [0.29, 0.717) is 12.3 Å². The van der Waals surface area contributed by atoms with Gasteiger partial charge < -0.3 is 5.32 Å². The minimum absolute atomic E-state index is 0.0173. The zero-order chi connectivity index (χ0) is 18.2. The van der Waals surface area contributed by atoms with Gasteiger partial charge in [0.05, 0.1) is 5.75 Å². The minimum Gasteiger partial charge on any atom is -0.351 e. The van der Waals surface area contributed by atoms with Crippen LogP contribution in [0.15, 0.2) is 81.9 Å². The van der Waals surface area contributed by atoms with Crippen molar-refractivity contribution in [3.8, 4) is 0 Å². The highest BCUT2D eigenvalue weighted by atomic mass is 32.2. The number of hydrogen-bond acceptors (Lipinski definition) is 5. The Bertz CT molecular complexity index is 872. The highest BCUT2D eigenvalue weighted by molar-refractivity contribution is 8.02. The highest BCUT2D eigenvalue weighted by Gasteiger charge is 2.11. The summed E-state index contributed by atoms with van der Waals surface area (Å²) in [6.07, 6.45) is 3.34. The van der Waals surface area contributed by atoms with E-state index in [2.05, 4.69) is 34.3 Å². The van der Waals surface area contributed by atoms with Crippen LogP contribution in [-0.2, 0) is 11.3 Å². The van der Waals surface area contributed by atoms with Crippen LogP contribution in [-0.4, -0.2) is 21.6 Å². The maximum Gasteiger partial charge on any atom is 0.230 e. The fraction of sp³-hybridized carbons (Fsp3) is 0.150. The van der Waals surface area contributed by atoms with Crippen molar-refractivity contribution in [2.75, 3.05) is 5.75 Å². The van der Waals surface area contributed by atoms with Crippen LogP contribution >= 0.6 is 23.5 Å². The van der Waals surface area contributed by atoms with Gasteiger partial charge in [0.15, 0.2) is 0 Å². The Morgan fingerprint density at radius 3 is 2.42 bits per heavy atom. The molecule has 3 rings (SSSR count). The van der Waals surface area contributed by atoms with E-state index in [9.17, 15) is 4.79 Å². The van der Waals surface area contributed by atoms with Crippen molar-refractivity contribution in [2.45, 2.75) is 28.4 Å². The van der Waals surface area contributed by atoms with Crippen molar-refractivity contribution in [1.29, 1.82) is 0 Å². The van der Waals surface area contributed by atoms with Gasteiger partial charge in [0, 0.05) is 23.8 Å². The van der Waals surface area contributed by atoms with Gasteiger partial charge in [-0.3, -0.25) is 4.79 Å². The largest absolute Gasteiger partial charge is 0.351 e. The molecule has 0 fully saturated rings. The molecule has 0 bridgehead atoms. The van der Waals surface area contributed by atoms with E-state index in [1.807, 2.05) is 42.5 Å². The summed E-state index contributed by atoms with van der Waals surface area (Å²) < 4.78 is 0. The number of benzene rings is 2. The maximum atomic E-state index is 12.1. The van der Waals surface area contributed by atoms with E-state index in [-0.39, 0.29) is 5.91 Å². The van der Waals surface area contributed by atoms with E-state index in [4.69, 9.17) is 0 Å². The Morgan fingerprint density at radius 2 is 1.65 bits per heavy atom. The number of nitrogens with zero attached hydrogens (tertiary/aromatic N) is 2. The molecule has 2 aromatic carbocycles. The molecule has 0 saturated heterocycles. The first-order valence-electron chi connectivity index (χ1n) is 8.20. The molecule has 0 atom stereocenters. The molecule has 4 nitrogen and oxygen atoms in total. The molecule has 1 amide bonds. The summed E-state index contributed by atoms with van der Waals surface area (Å²) >= 11 is 2.99. The molecule has 1 aromatic heterocycles. The van der Waals surface area contributed by atoms with Crippen LogP contribution in [0.3, 0.4) is 0 Å². The summed E-state index contributed by atoms with van der Waals surface area (Å²) in [5.74, 6) is 0.295. The van der Waals surface area contributed by atoms with E-state index in [1.54, 1.807) is 24.2 Å². The lowest BCUT2D eigenvalue weighted by Crippen LogP contribution is -2.24. The fourth-order valence-corrected chi connectivity index (χ4v) is 4.06. The fourth-order valence-electron chi connectivity index (χ4n) is 2.24. The van der Waals surface area contributed by atoms with E-state index in [0.717, 1.165) is 20.5 Å². The van der Waals surface area contributed by atoms with Crippen molar-refractivity contribution < 1.29 is 4.79 Å². The average Bonchev–Trinajstić information content (AvgIpc) is 2.68. The Balaban J connectivity index is 1.58. The third-order valence-electron chi connectivity index (χ3n) is 3.61. The van der Waals surface area contributed by atoms with Crippen LogP contribution in [0, 0.1) is 6.92 Å². The van der Waals surface area contributed by atoms with Crippen LogP contribution in [0.5, 0.6) is 0 Å². The highest BCUT2D eigenvalue weighted by Crippen LogP contribution is 2.33. The second-order valence-electron chi connectivity index (χ2n) is 5.59. The number of hydrogen-bond donors (Lipinski definition) is 1. The molecule has 26 heavy (non-hydrogen) atoms. The Morgan fingerprint density at radius 1 is 0.962 bits per heavy atom. The van der Waals surface area contributed by atoms with Crippen LogP contribution in [0.2, 0.25) is 0 Å². The molecule has 0 spiro atoms.